The van der Waals surface area contributed by atoms with Gasteiger partial charge in [0.25, 0.3) is 0 Å². The number of Topliss-reactive ketones (excluding diaryl/α,β-unsaturated/α-hetero) is 1. The number of hydrogen-bond donors (Lipinski definition) is 2. The topological polar surface area (TPSA) is 101 Å². The number of carbonyl (C=O) groups excluding carboxylic acids is 3. The highest BCUT2D eigenvalue weighted by atomic mass is 35.5. The van der Waals surface area contributed by atoms with Crippen molar-refractivity contribution in [3.05, 3.63) is 11.6 Å². The molecule has 2 N–H and O–H groups in total. The van der Waals surface area contributed by atoms with Crippen LogP contribution in [0.3, 0.4) is 0 Å². The second kappa shape index (κ2) is 7.47. The molecule has 0 heterocycles. The van der Waals surface area contributed by atoms with Crippen LogP contribution in [0.2, 0.25) is 0 Å². The van der Waals surface area contributed by atoms with Gasteiger partial charge in [0.15, 0.2) is 12.4 Å². The highest BCUT2D eigenvalue weighted by Crippen LogP contribution is 2.65. The van der Waals surface area contributed by atoms with E-state index >= 15 is 0 Å². The van der Waals surface area contributed by atoms with Crippen molar-refractivity contribution in [3.63, 3.8) is 0 Å². The molecule has 4 rings (SSSR count). The fourth-order valence-electron chi connectivity index (χ4n) is 7.03. The summed E-state index contributed by atoms with van der Waals surface area (Å²) in [7, 11) is 0. The van der Waals surface area contributed by atoms with Crippen molar-refractivity contribution in [2.24, 2.45) is 29.1 Å². The summed E-state index contributed by atoms with van der Waals surface area (Å²) in [6, 6.07) is 0. The van der Waals surface area contributed by atoms with E-state index in [1.165, 1.54) is 5.57 Å². The van der Waals surface area contributed by atoms with E-state index in [1.54, 1.807) is 6.08 Å². The predicted octanol–water partition coefficient (Wildman–Crippen LogP) is 2.18. The van der Waals surface area contributed by atoms with Crippen molar-refractivity contribution in [3.8, 4) is 0 Å². The van der Waals surface area contributed by atoms with Gasteiger partial charge in [0.1, 0.15) is 11.5 Å². The number of ketones is 2. The fourth-order valence-corrected chi connectivity index (χ4v) is 7.11. The molecule has 29 heavy (non-hydrogen) atoms. The molecular formula is C22H29ClO6. The molecule has 6 nitrogen and oxygen atoms in total. The Morgan fingerprint density at radius 2 is 2.03 bits per heavy atom. The Labute approximate surface area is 175 Å². The lowest BCUT2D eigenvalue weighted by molar-refractivity contribution is -0.178. The molecule has 3 fully saturated rings. The van der Waals surface area contributed by atoms with Crippen LogP contribution < -0.4 is 0 Å². The third kappa shape index (κ3) is 3.19. The Bertz CT molecular complexity index is 762. The molecule has 3 saturated carbocycles. The summed E-state index contributed by atoms with van der Waals surface area (Å²) in [4.78, 5) is 36.0. The van der Waals surface area contributed by atoms with Crippen molar-refractivity contribution in [1.82, 2.24) is 0 Å². The van der Waals surface area contributed by atoms with Gasteiger partial charge in [-0.2, -0.15) is 0 Å². The van der Waals surface area contributed by atoms with Crippen LogP contribution in [-0.4, -0.2) is 51.9 Å². The smallest absolute Gasteiger partial charge is 0.321 e. The van der Waals surface area contributed by atoms with Crippen molar-refractivity contribution in [2.75, 3.05) is 12.5 Å². The van der Waals surface area contributed by atoms with Gasteiger partial charge in [0.2, 0.25) is 5.78 Å². The molecule has 0 amide bonds. The number of ether oxygens (including phenoxy) is 1. The predicted molar refractivity (Wildman–Crippen MR) is 105 cm³/mol. The normalized spacial score (nSPS) is 43.7. The van der Waals surface area contributed by atoms with E-state index in [0.29, 0.717) is 25.7 Å². The Kier molecular flexibility index (Phi) is 5.41. The summed E-state index contributed by atoms with van der Waals surface area (Å²) < 4.78 is 4.89. The maximum absolute atomic E-state index is 12.9. The zero-order valence-corrected chi connectivity index (χ0v) is 17.5. The van der Waals surface area contributed by atoms with Gasteiger partial charge in [0.05, 0.1) is 6.10 Å². The molecule has 0 radical (unpaired) electrons. The molecular weight excluding hydrogens is 396 g/mol. The molecule has 0 aromatic heterocycles. The summed E-state index contributed by atoms with van der Waals surface area (Å²) in [6.45, 7) is 1.41. The van der Waals surface area contributed by atoms with E-state index in [1.807, 2.05) is 6.92 Å². The standard InChI is InChI=1S/C22H29ClO6/c1-21-9-17(25)20-14-5-3-13(24)8-12(14)2-4-15(20)16(21)6-7-22(21,28)18(26)11-29-19(27)10-23/h8,14-17,20,25,28H,2-7,9-11H2,1H3/t14?,15-,16-,17-,20+,21-,22-/m0/s1. The van der Waals surface area contributed by atoms with Crippen LogP contribution in [-0.2, 0) is 19.1 Å². The van der Waals surface area contributed by atoms with Crippen molar-refractivity contribution < 1.29 is 29.3 Å². The van der Waals surface area contributed by atoms with Crippen LogP contribution in [0.15, 0.2) is 11.6 Å². The fraction of sp³-hybridized carbons (Fsp3) is 0.773. The van der Waals surface area contributed by atoms with Crippen LogP contribution in [0.5, 0.6) is 0 Å². The molecule has 0 saturated heterocycles. The Balaban J connectivity index is 1.58. The Morgan fingerprint density at radius 1 is 1.28 bits per heavy atom. The molecule has 1 unspecified atom stereocenters. The van der Waals surface area contributed by atoms with E-state index < -0.39 is 35.5 Å². The third-order valence-electron chi connectivity index (χ3n) is 8.36. The first-order chi connectivity index (χ1) is 13.7. The van der Waals surface area contributed by atoms with Gasteiger partial charge in [-0.1, -0.05) is 12.5 Å². The number of aliphatic hydroxyl groups is 2. The lowest BCUT2D eigenvalue weighted by Gasteiger charge is -2.57. The minimum absolute atomic E-state index is 0.0766. The molecule has 0 bridgehead atoms. The highest BCUT2D eigenvalue weighted by molar-refractivity contribution is 6.26. The molecule has 4 aliphatic rings. The zero-order chi connectivity index (χ0) is 21.0. The summed E-state index contributed by atoms with van der Waals surface area (Å²) in [5.74, 6) is -0.728. The second-order valence-corrected chi connectivity index (χ2v) is 9.79. The van der Waals surface area contributed by atoms with E-state index in [4.69, 9.17) is 16.3 Å². The van der Waals surface area contributed by atoms with Gasteiger partial charge in [-0.05, 0) is 68.3 Å². The number of fused-ring (bicyclic) bond motifs is 5. The van der Waals surface area contributed by atoms with E-state index in [-0.39, 0.29) is 35.3 Å². The van der Waals surface area contributed by atoms with Gasteiger partial charge < -0.3 is 14.9 Å². The number of esters is 1. The monoisotopic (exact) mass is 424 g/mol. The number of rotatable bonds is 4. The molecule has 4 aliphatic carbocycles. The molecule has 0 aliphatic heterocycles. The number of alkyl halides is 1. The summed E-state index contributed by atoms with van der Waals surface area (Å²) in [5, 5.41) is 22.6. The Hall–Kier alpha value is -1.24. The van der Waals surface area contributed by atoms with Crippen molar-refractivity contribution in [1.29, 1.82) is 0 Å². The van der Waals surface area contributed by atoms with Crippen LogP contribution in [0.1, 0.15) is 51.9 Å². The quantitative estimate of drug-likeness (QED) is 0.530. The lowest BCUT2D eigenvalue weighted by Crippen LogP contribution is -2.60. The minimum Gasteiger partial charge on any atom is -0.457 e. The first-order valence-electron chi connectivity index (χ1n) is 10.6. The number of hydrogen-bond acceptors (Lipinski definition) is 6. The van der Waals surface area contributed by atoms with Gasteiger partial charge in [-0.15, -0.1) is 11.6 Å². The highest BCUT2D eigenvalue weighted by Gasteiger charge is 2.66. The van der Waals surface area contributed by atoms with E-state index in [9.17, 15) is 24.6 Å². The van der Waals surface area contributed by atoms with E-state index in [2.05, 4.69) is 0 Å². The molecule has 160 valence electrons. The largest absolute Gasteiger partial charge is 0.457 e. The number of carbonyl (C=O) groups is 3. The maximum atomic E-state index is 12.9. The summed E-state index contributed by atoms with van der Waals surface area (Å²) in [5.41, 5.74) is -1.21. The summed E-state index contributed by atoms with van der Waals surface area (Å²) in [6.07, 6.45) is 5.52. The van der Waals surface area contributed by atoms with Gasteiger partial charge in [-0.25, -0.2) is 0 Å². The van der Waals surface area contributed by atoms with Crippen LogP contribution >= 0.6 is 11.6 Å². The van der Waals surface area contributed by atoms with Gasteiger partial charge in [-0.3, -0.25) is 14.4 Å². The lowest BCUT2D eigenvalue weighted by atomic mass is 9.49. The SMILES string of the molecule is C[C@]12C[C@H](O)[C@@H]3C4CCC(=O)C=C4CC[C@H]3[C@@H]1CC[C@]2(O)C(=O)COC(=O)CCl. The van der Waals surface area contributed by atoms with Crippen LogP contribution in [0.25, 0.3) is 0 Å². The first-order valence-corrected chi connectivity index (χ1v) is 11.1. The third-order valence-corrected chi connectivity index (χ3v) is 8.58. The molecule has 7 heteroatoms. The second-order valence-electron chi connectivity index (χ2n) is 9.52. The first kappa shape index (κ1) is 21.0. The number of allylic oxidation sites excluding steroid dienone is 1. The Morgan fingerprint density at radius 3 is 2.76 bits per heavy atom. The number of aliphatic hydroxyl groups excluding tert-OH is 1. The van der Waals surface area contributed by atoms with Crippen LogP contribution in [0.4, 0.5) is 0 Å². The number of halogens is 1. The molecule has 0 aromatic carbocycles. The molecule has 0 aromatic rings. The summed E-state index contributed by atoms with van der Waals surface area (Å²) >= 11 is 5.42. The van der Waals surface area contributed by atoms with Gasteiger partial charge >= 0.3 is 5.97 Å². The zero-order valence-electron chi connectivity index (χ0n) is 16.7. The average Bonchev–Trinajstić information content (AvgIpc) is 2.96. The molecule has 0 spiro atoms. The van der Waals surface area contributed by atoms with Crippen LogP contribution in [0, 0.1) is 29.1 Å². The van der Waals surface area contributed by atoms with Gasteiger partial charge in [0, 0.05) is 11.8 Å². The minimum atomic E-state index is -1.62. The maximum Gasteiger partial charge on any atom is 0.321 e. The van der Waals surface area contributed by atoms with Crippen molar-refractivity contribution >= 4 is 29.1 Å². The molecule has 7 atom stereocenters. The van der Waals surface area contributed by atoms with Crippen molar-refractivity contribution in [2.45, 2.75) is 63.6 Å². The van der Waals surface area contributed by atoms with E-state index in [0.717, 1.165) is 19.3 Å². The average molecular weight is 425 g/mol.